The Morgan fingerprint density at radius 1 is 1.42 bits per heavy atom. The van der Waals surface area contributed by atoms with E-state index < -0.39 is 0 Å². The number of hydrogen-bond acceptors (Lipinski definition) is 2. The number of fused-ring (bicyclic) bond motifs is 1. The minimum Gasteiger partial charge on any atom is -0.384 e. The van der Waals surface area contributed by atoms with Crippen LogP contribution >= 0.6 is 23.4 Å². The molecule has 3 heteroatoms. The van der Waals surface area contributed by atoms with Gasteiger partial charge in [-0.15, -0.1) is 0 Å². The lowest BCUT2D eigenvalue weighted by Crippen LogP contribution is -2.01. The fourth-order valence-electron chi connectivity index (χ4n) is 1.28. The first-order valence-corrected chi connectivity index (χ1v) is 5.49. The Morgan fingerprint density at radius 3 is 3.25 bits per heavy atom. The molecular formula is C9H10ClNS. The zero-order valence-corrected chi connectivity index (χ0v) is 8.21. The van der Waals surface area contributed by atoms with Crippen LogP contribution in [0.5, 0.6) is 0 Å². The summed E-state index contributed by atoms with van der Waals surface area (Å²) in [4.78, 5) is 0. The van der Waals surface area contributed by atoms with E-state index in [2.05, 4.69) is 11.4 Å². The third-order valence-corrected chi connectivity index (χ3v) is 3.13. The highest BCUT2D eigenvalue weighted by molar-refractivity contribution is 7.98. The third-order valence-electron chi connectivity index (χ3n) is 1.89. The van der Waals surface area contributed by atoms with Crippen molar-refractivity contribution >= 4 is 29.1 Å². The van der Waals surface area contributed by atoms with Gasteiger partial charge in [-0.05, 0) is 17.7 Å². The molecule has 0 amide bonds. The lowest BCUT2D eigenvalue weighted by molar-refractivity contribution is 1.23. The van der Waals surface area contributed by atoms with Crippen molar-refractivity contribution in [1.82, 2.24) is 0 Å². The van der Waals surface area contributed by atoms with E-state index in [1.165, 1.54) is 17.0 Å². The number of anilines is 1. The first kappa shape index (κ1) is 8.27. The quantitative estimate of drug-likeness (QED) is 0.690. The Balaban J connectivity index is 2.36. The van der Waals surface area contributed by atoms with Crippen LogP contribution in [0.3, 0.4) is 0 Å². The normalized spacial score (nSPS) is 16.1. The van der Waals surface area contributed by atoms with Gasteiger partial charge in [0.25, 0.3) is 0 Å². The van der Waals surface area contributed by atoms with Crippen molar-refractivity contribution in [1.29, 1.82) is 0 Å². The average molecular weight is 200 g/mol. The molecule has 1 heterocycles. The monoisotopic (exact) mass is 199 g/mol. The predicted molar refractivity (Wildman–Crippen MR) is 56.1 cm³/mol. The summed E-state index contributed by atoms with van der Waals surface area (Å²) in [5.41, 5.74) is 2.56. The van der Waals surface area contributed by atoms with E-state index in [9.17, 15) is 0 Å². The van der Waals surface area contributed by atoms with Gasteiger partial charge in [-0.2, -0.15) is 11.8 Å². The van der Waals surface area contributed by atoms with Gasteiger partial charge in [0.15, 0.2) is 0 Å². The zero-order valence-electron chi connectivity index (χ0n) is 6.64. The molecule has 0 unspecified atom stereocenters. The number of hydrogen-bond donors (Lipinski definition) is 1. The van der Waals surface area contributed by atoms with E-state index in [4.69, 9.17) is 11.6 Å². The summed E-state index contributed by atoms with van der Waals surface area (Å²) < 4.78 is 0. The molecule has 0 saturated heterocycles. The van der Waals surface area contributed by atoms with Gasteiger partial charge in [0.05, 0.1) is 0 Å². The van der Waals surface area contributed by atoms with Crippen LogP contribution in [0.25, 0.3) is 0 Å². The van der Waals surface area contributed by atoms with Gasteiger partial charge in [-0.3, -0.25) is 0 Å². The van der Waals surface area contributed by atoms with Crippen LogP contribution in [0.4, 0.5) is 5.69 Å². The van der Waals surface area contributed by atoms with Crippen molar-refractivity contribution in [2.75, 3.05) is 17.6 Å². The molecule has 1 N–H and O–H groups in total. The molecule has 0 fully saturated rings. The van der Waals surface area contributed by atoms with Crippen LogP contribution in [0, 0.1) is 0 Å². The van der Waals surface area contributed by atoms with Gasteiger partial charge in [-0.25, -0.2) is 0 Å². The molecule has 0 spiro atoms. The molecule has 2 rings (SSSR count). The Labute approximate surface area is 81.5 Å². The van der Waals surface area contributed by atoms with E-state index in [-0.39, 0.29) is 0 Å². The predicted octanol–water partition coefficient (Wildman–Crippen LogP) is 3.00. The molecule has 1 nitrogen and oxygen atoms in total. The second-order valence-electron chi connectivity index (χ2n) is 2.78. The molecular weight excluding hydrogens is 190 g/mol. The highest BCUT2D eigenvalue weighted by Gasteiger charge is 2.06. The molecule has 64 valence electrons. The Kier molecular flexibility index (Phi) is 2.47. The molecule has 0 bridgehead atoms. The maximum Gasteiger partial charge on any atom is 0.0426 e. The van der Waals surface area contributed by atoms with Crippen molar-refractivity contribution in [3.05, 3.63) is 28.8 Å². The van der Waals surface area contributed by atoms with Gasteiger partial charge in [-0.1, -0.05) is 17.7 Å². The molecule has 1 aromatic rings. The molecule has 0 atom stereocenters. The van der Waals surface area contributed by atoms with Crippen LogP contribution in [-0.2, 0) is 5.75 Å². The third kappa shape index (κ3) is 1.70. The standard InChI is InChI=1S/C9H10ClNS/c10-8-2-1-7-6-12-4-3-11-9(7)5-8/h1-2,5,11H,3-4,6H2. The van der Waals surface area contributed by atoms with Crippen LogP contribution in [-0.4, -0.2) is 12.3 Å². The van der Waals surface area contributed by atoms with Gasteiger partial charge >= 0.3 is 0 Å². The van der Waals surface area contributed by atoms with Gasteiger partial charge < -0.3 is 5.32 Å². The summed E-state index contributed by atoms with van der Waals surface area (Å²) in [6.07, 6.45) is 0. The molecule has 1 aliphatic rings. The van der Waals surface area contributed by atoms with Crippen molar-refractivity contribution < 1.29 is 0 Å². The average Bonchev–Trinajstić information content (AvgIpc) is 2.28. The second kappa shape index (κ2) is 3.58. The summed E-state index contributed by atoms with van der Waals surface area (Å²) in [6.45, 7) is 1.04. The molecule has 0 aromatic heterocycles. The smallest absolute Gasteiger partial charge is 0.0426 e. The lowest BCUT2D eigenvalue weighted by Gasteiger charge is -2.06. The Bertz CT molecular complexity index is 288. The minimum atomic E-state index is 0.813. The molecule has 0 aliphatic carbocycles. The van der Waals surface area contributed by atoms with E-state index >= 15 is 0 Å². The first-order valence-electron chi connectivity index (χ1n) is 3.96. The molecule has 0 saturated carbocycles. The number of thioether (sulfide) groups is 1. The Hall–Kier alpha value is -0.340. The largest absolute Gasteiger partial charge is 0.384 e. The number of nitrogens with one attached hydrogen (secondary N) is 1. The SMILES string of the molecule is Clc1ccc2c(c1)NCCSC2. The van der Waals surface area contributed by atoms with Crippen molar-refractivity contribution in [2.45, 2.75) is 5.75 Å². The molecule has 0 radical (unpaired) electrons. The highest BCUT2D eigenvalue weighted by Crippen LogP contribution is 2.26. The summed E-state index contributed by atoms with van der Waals surface area (Å²) in [5, 5.41) is 4.17. The maximum absolute atomic E-state index is 5.88. The number of halogens is 1. The van der Waals surface area contributed by atoms with Crippen molar-refractivity contribution in [3.8, 4) is 0 Å². The summed E-state index contributed by atoms with van der Waals surface area (Å²) >= 11 is 7.84. The van der Waals surface area contributed by atoms with E-state index in [1.54, 1.807) is 0 Å². The Morgan fingerprint density at radius 2 is 2.33 bits per heavy atom. The van der Waals surface area contributed by atoms with Crippen molar-refractivity contribution in [2.24, 2.45) is 0 Å². The lowest BCUT2D eigenvalue weighted by atomic mass is 10.2. The topological polar surface area (TPSA) is 12.0 Å². The summed E-state index contributed by atoms with van der Waals surface area (Å²) in [5.74, 6) is 2.27. The van der Waals surface area contributed by atoms with Gasteiger partial charge in [0, 0.05) is 28.8 Å². The van der Waals surface area contributed by atoms with E-state index in [1.807, 2.05) is 23.9 Å². The number of benzene rings is 1. The van der Waals surface area contributed by atoms with Crippen LogP contribution in [0.15, 0.2) is 18.2 Å². The van der Waals surface area contributed by atoms with E-state index in [0.717, 1.165) is 17.3 Å². The fourth-order valence-corrected chi connectivity index (χ4v) is 2.31. The summed E-state index contributed by atoms with van der Waals surface area (Å²) in [7, 11) is 0. The van der Waals surface area contributed by atoms with Crippen molar-refractivity contribution in [3.63, 3.8) is 0 Å². The van der Waals surface area contributed by atoms with Crippen LogP contribution < -0.4 is 5.32 Å². The highest BCUT2D eigenvalue weighted by atomic mass is 35.5. The fraction of sp³-hybridized carbons (Fsp3) is 0.333. The van der Waals surface area contributed by atoms with Gasteiger partial charge in [0.1, 0.15) is 0 Å². The number of rotatable bonds is 0. The van der Waals surface area contributed by atoms with Crippen LogP contribution in [0.1, 0.15) is 5.56 Å². The maximum atomic E-state index is 5.88. The molecule has 12 heavy (non-hydrogen) atoms. The second-order valence-corrected chi connectivity index (χ2v) is 4.32. The first-order chi connectivity index (χ1) is 5.86. The molecule has 1 aromatic carbocycles. The zero-order chi connectivity index (χ0) is 8.39. The minimum absolute atomic E-state index is 0.813. The van der Waals surface area contributed by atoms with Gasteiger partial charge in [0.2, 0.25) is 0 Å². The van der Waals surface area contributed by atoms with E-state index in [0.29, 0.717) is 0 Å². The van der Waals surface area contributed by atoms with Crippen LogP contribution in [0.2, 0.25) is 5.02 Å². The molecule has 1 aliphatic heterocycles. The summed E-state index contributed by atoms with van der Waals surface area (Å²) in [6, 6.07) is 6.06.